The van der Waals surface area contributed by atoms with E-state index >= 15 is 0 Å². The van der Waals surface area contributed by atoms with E-state index in [4.69, 9.17) is 9.47 Å². The van der Waals surface area contributed by atoms with Gasteiger partial charge in [-0.2, -0.15) is 0 Å². The lowest BCUT2D eigenvalue weighted by molar-refractivity contribution is 0.176. The molecule has 4 heteroatoms. The van der Waals surface area contributed by atoms with Crippen molar-refractivity contribution >= 4 is 21.8 Å². The first-order valence-corrected chi connectivity index (χ1v) is 6.70. The SMILES string of the molecule is Cc1ccc2c3c(c4ccc(C)nc4c2n1)OCCO3. The van der Waals surface area contributed by atoms with Crippen molar-refractivity contribution in [2.75, 3.05) is 13.2 Å². The maximum absolute atomic E-state index is 5.82. The first-order chi connectivity index (χ1) is 9.74. The van der Waals surface area contributed by atoms with Crippen LogP contribution in [-0.4, -0.2) is 23.2 Å². The minimum Gasteiger partial charge on any atom is -0.485 e. The molecule has 0 unspecified atom stereocenters. The first-order valence-electron chi connectivity index (χ1n) is 6.70. The lowest BCUT2D eigenvalue weighted by atomic mass is 10.1. The van der Waals surface area contributed by atoms with Crippen LogP contribution in [0.15, 0.2) is 24.3 Å². The fourth-order valence-corrected chi connectivity index (χ4v) is 2.66. The van der Waals surface area contributed by atoms with Gasteiger partial charge in [0.15, 0.2) is 11.5 Å². The van der Waals surface area contributed by atoms with E-state index in [1.807, 2.05) is 38.1 Å². The van der Waals surface area contributed by atoms with Gasteiger partial charge in [0, 0.05) is 22.2 Å². The molecule has 0 saturated heterocycles. The van der Waals surface area contributed by atoms with Crippen molar-refractivity contribution in [2.45, 2.75) is 13.8 Å². The molecule has 1 aromatic carbocycles. The van der Waals surface area contributed by atoms with Crippen molar-refractivity contribution in [2.24, 2.45) is 0 Å². The Hall–Kier alpha value is -2.36. The Bertz CT molecular complexity index is 772. The molecular formula is C16H14N2O2. The van der Waals surface area contributed by atoms with Gasteiger partial charge >= 0.3 is 0 Å². The topological polar surface area (TPSA) is 44.2 Å². The van der Waals surface area contributed by atoms with Crippen molar-refractivity contribution in [3.8, 4) is 11.5 Å². The molecular weight excluding hydrogens is 252 g/mol. The second-order valence-corrected chi connectivity index (χ2v) is 5.05. The molecule has 0 spiro atoms. The zero-order valence-electron chi connectivity index (χ0n) is 11.4. The Labute approximate surface area is 116 Å². The van der Waals surface area contributed by atoms with Crippen molar-refractivity contribution in [3.63, 3.8) is 0 Å². The van der Waals surface area contributed by atoms with Crippen LogP contribution in [0.5, 0.6) is 11.5 Å². The van der Waals surface area contributed by atoms with E-state index in [9.17, 15) is 0 Å². The van der Waals surface area contributed by atoms with Crippen LogP contribution < -0.4 is 9.47 Å². The molecule has 4 rings (SSSR count). The summed E-state index contributed by atoms with van der Waals surface area (Å²) in [5.41, 5.74) is 3.71. The van der Waals surface area contributed by atoms with Gasteiger partial charge in [-0.05, 0) is 38.1 Å². The minimum absolute atomic E-state index is 0.570. The van der Waals surface area contributed by atoms with Gasteiger partial charge in [0.05, 0.1) is 0 Å². The summed E-state index contributed by atoms with van der Waals surface area (Å²) < 4.78 is 11.6. The molecule has 0 fully saturated rings. The van der Waals surface area contributed by atoms with Crippen LogP contribution in [0.1, 0.15) is 11.4 Å². The van der Waals surface area contributed by atoms with Gasteiger partial charge in [-0.1, -0.05) is 0 Å². The molecule has 0 aliphatic carbocycles. The summed E-state index contributed by atoms with van der Waals surface area (Å²) in [5, 5.41) is 1.94. The summed E-state index contributed by atoms with van der Waals surface area (Å²) in [4.78, 5) is 9.31. The molecule has 0 N–H and O–H groups in total. The summed E-state index contributed by atoms with van der Waals surface area (Å²) in [6.07, 6.45) is 0. The van der Waals surface area contributed by atoms with Gasteiger partial charge in [-0.3, -0.25) is 9.97 Å². The second-order valence-electron chi connectivity index (χ2n) is 5.05. The predicted molar refractivity (Wildman–Crippen MR) is 77.5 cm³/mol. The molecule has 0 radical (unpaired) electrons. The maximum atomic E-state index is 5.82. The van der Waals surface area contributed by atoms with Crippen LogP contribution in [0.2, 0.25) is 0 Å². The van der Waals surface area contributed by atoms with Crippen molar-refractivity contribution in [1.82, 2.24) is 9.97 Å². The molecule has 0 bridgehead atoms. The number of aryl methyl sites for hydroxylation is 2. The molecule has 0 amide bonds. The summed E-state index contributed by atoms with van der Waals surface area (Å²) in [5.74, 6) is 1.58. The Morgan fingerprint density at radius 1 is 0.750 bits per heavy atom. The van der Waals surface area contributed by atoms with Crippen LogP contribution in [0.4, 0.5) is 0 Å². The van der Waals surface area contributed by atoms with E-state index < -0.39 is 0 Å². The normalized spacial score (nSPS) is 13.9. The third kappa shape index (κ3) is 1.54. The Morgan fingerprint density at radius 2 is 1.20 bits per heavy atom. The smallest absolute Gasteiger partial charge is 0.171 e. The van der Waals surface area contributed by atoms with E-state index in [0.29, 0.717) is 13.2 Å². The lowest BCUT2D eigenvalue weighted by Crippen LogP contribution is -2.16. The minimum atomic E-state index is 0.570. The van der Waals surface area contributed by atoms with E-state index in [-0.39, 0.29) is 0 Å². The van der Waals surface area contributed by atoms with E-state index in [0.717, 1.165) is 44.7 Å². The Kier molecular flexibility index (Phi) is 2.33. The average molecular weight is 266 g/mol. The fraction of sp³-hybridized carbons (Fsp3) is 0.250. The highest BCUT2D eigenvalue weighted by Crippen LogP contribution is 2.43. The zero-order valence-corrected chi connectivity index (χ0v) is 11.4. The number of benzene rings is 1. The quantitative estimate of drug-likeness (QED) is 0.586. The number of pyridine rings is 2. The first kappa shape index (κ1) is 11.5. The van der Waals surface area contributed by atoms with Crippen LogP contribution in [0, 0.1) is 13.8 Å². The molecule has 100 valence electrons. The fourth-order valence-electron chi connectivity index (χ4n) is 2.66. The van der Waals surface area contributed by atoms with E-state index in [1.54, 1.807) is 0 Å². The molecule has 2 aromatic heterocycles. The number of hydrogen-bond donors (Lipinski definition) is 0. The van der Waals surface area contributed by atoms with E-state index in [1.165, 1.54) is 0 Å². The van der Waals surface area contributed by atoms with Crippen LogP contribution in [-0.2, 0) is 0 Å². The van der Waals surface area contributed by atoms with Gasteiger partial charge in [0.1, 0.15) is 24.2 Å². The number of aromatic nitrogens is 2. The standard InChI is InChI=1S/C16H14N2O2/c1-9-3-5-11-13(17-9)14-12(6-4-10(2)18-14)16-15(11)19-7-8-20-16/h3-6H,7-8H2,1-2H3. The molecule has 3 aromatic rings. The van der Waals surface area contributed by atoms with Crippen LogP contribution >= 0.6 is 0 Å². The molecule has 0 atom stereocenters. The Morgan fingerprint density at radius 3 is 1.65 bits per heavy atom. The van der Waals surface area contributed by atoms with Crippen molar-refractivity contribution < 1.29 is 9.47 Å². The third-order valence-electron chi connectivity index (χ3n) is 3.56. The van der Waals surface area contributed by atoms with Gasteiger partial charge in [-0.25, -0.2) is 0 Å². The number of hydrogen-bond acceptors (Lipinski definition) is 4. The molecule has 0 saturated carbocycles. The number of nitrogens with zero attached hydrogens (tertiary/aromatic N) is 2. The van der Waals surface area contributed by atoms with Gasteiger partial charge < -0.3 is 9.47 Å². The van der Waals surface area contributed by atoms with Gasteiger partial charge in [-0.15, -0.1) is 0 Å². The number of fused-ring (bicyclic) bond motifs is 6. The largest absolute Gasteiger partial charge is 0.485 e. The number of rotatable bonds is 0. The van der Waals surface area contributed by atoms with Crippen LogP contribution in [0.3, 0.4) is 0 Å². The second kappa shape index (κ2) is 4.07. The summed E-state index contributed by atoms with van der Waals surface area (Å²) >= 11 is 0. The molecule has 4 nitrogen and oxygen atoms in total. The maximum Gasteiger partial charge on any atom is 0.171 e. The van der Waals surface area contributed by atoms with Gasteiger partial charge in [0.25, 0.3) is 0 Å². The lowest BCUT2D eigenvalue weighted by Gasteiger charge is -2.22. The highest BCUT2D eigenvalue weighted by atomic mass is 16.6. The highest BCUT2D eigenvalue weighted by Gasteiger charge is 2.21. The molecule has 3 heterocycles. The van der Waals surface area contributed by atoms with Crippen molar-refractivity contribution in [1.29, 1.82) is 0 Å². The molecule has 1 aliphatic rings. The number of ether oxygens (including phenoxy) is 2. The van der Waals surface area contributed by atoms with Crippen LogP contribution in [0.25, 0.3) is 21.8 Å². The summed E-state index contributed by atoms with van der Waals surface area (Å²) in [6.45, 7) is 5.11. The molecule has 20 heavy (non-hydrogen) atoms. The molecule has 1 aliphatic heterocycles. The summed E-state index contributed by atoms with van der Waals surface area (Å²) in [7, 11) is 0. The van der Waals surface area contributed by atoms with Gasteiger partial charge in [0.2, 0.25) is 0 Å². The Balaban J connectivity index is 2.26. The average Bonchev–Trinajstić information content (AvgIpc) is 2.47. The van der Waals surface area contributed by atoms with E-state index in [2.05, 4.69) is 9.97 Å². The van der Waals surface area contributed by atoms with Crippen molar-refractivity contribution in [3.05, 3.63) is 35.7 Å². The summed E-state index contributed by atoms with van der Waals surface area (Å²) in [6, 6.07) is 8.05. The third-order valence-corrected chi connectivity index (χ3v) is 3.56. The zero-order chi connectivity index (χ0) is 13.7. The highest BCUT2D eigenvalue weighted by molar-refractivity contribution is 6.10. The predicted octanol–water partition coefficient (Wildman–Crippen LogP) is 3.17. The monoisotopic (exact) mass is 266 g/mol.